The second kappa shape index (κ2) is 11.6. The van der Waals surface area contributed by atoms with Crippen LogP contribution in [0.3, 0.4) is 0 Å². The lowest BCUT2D eigenvalue weighted by Gasteiger charge is -2.22. The smallest absolute Gasteiger partial charge is 0.293 e. The summed E-state index contributed by atoms with van der Waals surface area (Å²) < 4.78 is 5.15. The lowest BCUT2D eigenvalue weighted by Crippen LogP contribution is -2.23. The van der Waals surface area contributed by atoms with Gasteiger partial charge in [0.15, 0.2) is 0 Å². The molecule has 1 rings (SSSR count). The maximum absolute atomic E-state index is 10.6. The molecular formula is C26H44O2. The Balaban J connectivity index is 2.45. The molecule has 0 atom stereocenters. The highest BCUT2D eigenvalue weighted by Gasteiger charge is 2.17. The minimum atomic E-state index is -0.345. The molecule has 0 radical (unpaired) electrons. The molecule has 0 saturated carbocycles. The van der Waals surface area contributed by atoms with Crippen LogP contribution in [-0.2, 0) is 22.4 Å². The van der Waals surface area contributed by atoms with E-state index in [9.17, 15) is 4.79 Å². The first-order chi connectivity index (χ1) is 13.0. The van der Waals surface area contributed by atoms with Gasteiger partial charge >= 0.3 is 0 Å². The molecule has 0 heterocycles. The Morgan fingerprint density at radius 3 is 1.79 bits per heavy atom. The Morgan fingerprint density at radius 2 is 1.25 bits per heavy atom. The zero-order valence-corrected chi connectivity index (χ0v) is 19.6. The minimum Gasteiger partial charge on any atom is -0.462 e. The van der Waals surface area contributed by atoms with E-state index < -0.39 is 0 Å². The van der Waals surface area contributed by atoms with Gasteiger partial charge in [0, 0.05) is 0 Å². The molecule has 0 N–H and O–H groups in total. The molecule has 0 spiro atoms. The molecule has 160 valence electrons. The number of ether oxygens (including phenoxy) is 1. The van der Waals surface area contributed by atoms with Gasteiger partial charge in [0.2, 0.25) is 0 Å². The lowest BCUT2D eigenvalue weighted by molar-refractivity contribution is -0.140. The molecule has 0 aliphatic carbocycles. The number of aryl methyl sites for hydroxylation is 4. The highest BCUT2D eigenvalue weighted by molar-refractivity contribution is 5.38. The summed E-state index contributed by atoms with van der Waals surface area (Å²) in [5, 5.41) is 0. The van der Waals surface area contributed by atoms with Gasteiger partial charge in [0.25, 0.3) is 6.47 Å². The third-order valence-corrected chi connectivity index (χ3v) is 5.76. The fourth-order valence-corrected chi connectivity index (χ4v) is 3.87. The van der Waals surface area contributed by atoms with Crippen LogP contribution in [0.4, 0.5) is 0 Å². The van der Waals surface area contributed by atoms with Gasteiger partial charge < -0.3 is 4.74 Å². The van der Waals surface area contributed by atoms with Crippen LogP contribution in [0.2, 0.25) is 0 Å². The van der Waals surface area contributed by atoms with Crippen LogP contribution < -0.4 is 0 Å². The highest BCUT2D eigenvalue weighted by Crippen LogP contribution is 2.24. The maximum Gasteiger partial charge on any atom is 0.293 e. The molecule has 28 heavy (non-hydrogen) atoms. The molecule has 0 amide bonds. The molecule has 1 aromatic rings. The van der Waals surface area contributed by atoms with Crippen LogP contribution in [0, 0.1) is 19.3 Å². The van der Waals surface area contributed by atoms with Crippen molar-refractivity contribution < 1.29 is 9.53 Å². The van der Waals surface area contributed by atoms with E-state index in [0.717, 1.165) is 25.7 Å². The van der Waals surface area contributed by atoms with Crippen molar-refractivity contribution in [3.8, 4) is 0 Å². The molecule has 0 unspecified atom stereocenters. The molecule has 2 nitrogen and oxygen atoms in total. The zero-order chi connectivity index (χ0) is 21.2. The number of unbranched alkanes of at least 4 members (excludes halogenated alkanes) is 4. The van der Waals surface area contributed by atoms with E-state index in [2.05, 4.69) is 46.8 Å². The maximum atomic E-state index is 10.6. The monoisotopic (exact) mass is 388 g/mol. The third kappa shape index (κ3) is 10.3. The van der Waals surface area contributed by atoms with Crippen LogP contribution in [0.25, 0.3) is 0 Å². The summed E-state index contributed by atoms with van der Waals surface area (Å²) >= 11 is 0. The van der Waals surface area contributed by atoms with Crippen molar-refractivity contribution in [1.82, 2.24) is 0 Å². The highest BCUT2D eigenvalue weighted by atomic mass is 16.5. The Kier molecular flexibility index (Phi) is 10.3. The van der Waals surface area contributed by atoms with Crippen molar-refractivity contribution in [3.05, 3.63) is 34.4 Å². The largest absolute Gasteiger partial charge is 0.462 e. The second-order valence-corrected chi connectivity index (χ2v) is 10.4. The van der Waals surface area contributed by atoms with Gasteiger partial charge in [-0.1, -0.05) is 52.2 Å². The molecule has 0 aliphatic heterocycles. The van der Waals surface area contributed by atoms with E-state index in [1.54, 1.807) is 0 Å². The summed E-state index contributed by atoms with van der Waals surface area (Å²) in [6.45, 7) is 16.0. The van der Waals surface area contributed by atoms with Crippen molar-refractivity contribution in [1.29, 1.82) is 0 Å². The summed E-state index contributed by atoms with van der Waals surface area (Å²) in [4.78, 5) is 10.6. The van der Waals surface area contributed by atoms with Crippen LogP contribution in [0.15, 0.2) is 12.1 Å². The zero-order valence-electron chi connectivity index (χ0n) is 19.6. The van der Waals surface area contributed by atoms with E-state index in [1.807, 2.05) is 13.8 Å². The number of hydrogen-bond acceptors (Lipinski definition) is 2. The van der Waals surface area contributed by atoms with E-state index in [1.165, 1.54) is 60.8 Å². The number of benzene rings is 1. The molecule has 2 heteroatoms. The quantitative estimate of drug-likeness (QED) is 0.258. The second-order valence-electron chi connectivity index (χ2n) is 10.4. The van der Waals surface area contributed by atoms with Gasteiger partial charge in [-0.15, -0.1) is 0 Å². The molecule has 0 saturated heterocycles. The van der Waals surface area contributed by atoms with Crippen LogP contribution in [0.5, 0.6) is 0 Å². The van der Waals surface area contributed by atoms with Crippen LogP contribution >= 0.6 is 0 Å². The van der Waals surface area contributed by atoms with Crippen LogP contribution in [0.1, 0.15) is 108 Å². The van der Waals surface area contributed by atoms with Crippen molar-refractivity contribution in [2.24, 2.45) is 5.41 Å². The molecule has 0 aromatic heterocycles. The first-order valence-corrected chi connectivity index (χ1v) is 11.2. The fraction of sp³-hybridized carbons (Fsp3) is 0.731. The Morgan fingerprint density at radius 1 is 0.750 bits per heavy atom. The van der Waals surface area contributed by atoms with Gasteiger partial charge in [-0.25, -0.2) is 0 Å². The predicted octanol–water partition coefficient (Wildman–Crippen LogP) is 7.51. The minimum absolute atomic E-state index is 0.345. The Bertz CT molecular complexity index is 593. The summed E-state index contributed by atoms with van der Waals surface area (Å²) in [6, 6.07) is 4.82. The van der Waals surface area contributed by atoms with Gasteiger partial charge in [0.05, 0.1) is 0 Å². The van der Waals surface area contributed by atoms with Crippen molar-refractivity contribution in [2.75, 3.05) is 0 Å². The first-order valence-electron chi connectivity index (χ1n) is 11.2. The van der Waals surface area contributed by atoms with Gasteiger partial charge in [-0.05, 0) is 100 Å². The average Bonchev–Trinajstić information content (AvgIpc) is 2.56. The van der Waals surface area contributed by atoms with Crippen molar-refractivity contribution >= 4 is 6.47 Å². The van der Waals surface area contributed by atoms with E-state index in [-0.39, 0.29) is 5.60 Å². The molecule has 0 aliphatic rings. The van der Waals surface area contributed by atoms with Crippen LogP contribution in [-0.4, -0.2) is 12.1 Å². The number of carbonyl (C=O) groups is 1. The number of hydrogen-bond donors (Lipinski definition) is 0. The summed E-state index contributed by atoms with van der Waals surface area (Å²) in [5.74, 6) is 0. The van der Waals surface area contributed by atoms with E-state index in [0.29, 0.717) is 11.9 Å². The van der Waals surface area contributed by atoms with Crippen molar-refractivity contribution in [3.63, 3.8) is 0 Å². The van der Waals surface area contributed by atoms with Gasteiger partial charge in [0.1, 0.15) is 5.60 Å². The first kappa shape index (κ1) is 24.7. The predicted molar refractivity (Wildman–Crippen MR) is 121 cm³/mol. The topological polar surface area (TPSA) is 26.3 Å². The molecule has 0 bridgehead atoms. The SMILES string of the molecule is Cc1cc(C)c(CCCCC(C)(C)OC=O)cc1CCCCCCC(C)(C)C. The lowest BCUT2D eigenvalue weighted by atomic mass is 9.89. The number of rotatable bonds is 13. The Labute approximate surface area is 174 Å². The molecule has 1 aromatic carbocycles. The summed E-state index contributed by atoms with van der Waals surface area (Å²) in [7, 11) is 0. The Hall–Kier alpha value is -1.31. The van der Waals surface area contributed by atoms with E-state index in [4.69, 9.17) is 4.74 Å². The van der Waals surface area contributed by atoms with Crippen molar-refractivity contribution in [2.45, 2.75) is 118 Å². The number of carbonyl (C=O) groups excluding carboxylic acids is 1. The summed E-state index contributed by atoms with van der Waals surface area (Å²) in [6.07, 6.45) is 12.1. The van der Waals surface area contributed by atoms with E-state index >= 15 is 0 Å². The van der Waals surface area contributed by atoms with Gasteiger partial charge in [-0.3, -0.25) is 4.79 Å². The fourth-order valence-electron chi connectivity index (χ4n) is 3.87. The standard InChI is InChI=1S/C26H44O2/c1-21-18-22(2)24(15-11-13-17-26(6,7)28-20-27)19-23(21)14-10-8-9-12-16-25(3,4)5/h18-20H,8-17H2,1-7H3. The summed E-state index contributed by atoms with van der Waals surface area (Å²) in [5.41, 5.74) is 5.99. The normalized spacial score (nSPS) is 12.2. The third-order valence-electron chi connectivity index (χ3n) is 5.76. The average molecular weight is 389 g/mol. The molecule has 0 fully saturated rings. The van der Waals surface area contributed by atoms with Gasteiger partial charge in [-0.2, -0.15) is 0 Å². The molecular weight excluding hydrogens is 344 g/mol.